The van der Waals surface area contributed by atoms with E-state index in [9.17, 15) is 4.39 Å². The molecule has 1 aromatic heterocycles. The van der Waals surface area contributed by atoms with E-state index in [-0.39, 0.29) is 11.9 Å². The average Bonchev–Trinajstić information content (AvgIpc) is 2.88. The summed E-state index contributed by atoms with van der Waals surface area (Å²) in [5.74, 6) is -0.188. The van der Waals surface area contributed by atoms with E-state index < -0.39 is 0 Å². The van der Waals surface area contributed by atoms with E-state index in [4.69, 9.17) is 0 Å². The fourth-order valence-electron chi connectivity index (χ4n) is 2.43. The number of fused-ring (bicyclic) bond motifs is 1. The Labute approximate surface area is 116 Å². The van der Waals surface area contributed by atoms with Crippen molar-refractivity contribution in [1.82, 2.24) is 10.2 Å². The first kappa shape index (κ1) is 12.7. The molecule has 0 aliphatic rings. The van der Waals surface area contributed by atoms with Crippen LogP contribution in [0.2, 0.25) is 0 Å². The first-order valence-electron chi connectivity index (χ1n) is 6.65. The quantitative estimate of drug-likeness (QED) is 0.757. The SMILES string of the molecule is CC(Cc1cccc(F)c1)Nc1cccc2[nH]ncc12. The van der Waals surface area contributed by atoms with Crippen LogP contribution in [-0.2, 0) is 6.42 Å². The minimum Gasteiger partial charge on any atom is -0.382 e. The van der Waals surface area contributed by atoms with Crippen molar-refractivity contribution in [3.63, 3.8) is 0 Å². The van der Waals surface area contributed by atoms with E-state index >= 15 is 0 Å². The lowest BCUT2D eigenvalue weighted by Gasteiger charge is -2.16. The highest BCUT2D eigenvalue weighted by Gasteiger charge is 2.07. The second-order valence-electron chi connectivity index (χ2n) is 5.02. The van der Waals surface area contributed by atoms with Crippen molar-refractivity contribution in [2.75, 3.05) is 5.32 Å². The highest BCUT2D eigenvalue weighted by atomic mass is 19.1. The Morgan fingerprint density at radius 1 is 1.25 bits per heavy atom. The molecule has 0 saturated carbocycles. The molecule has 0 spiro atoms. The molecule has 0 fully saturated rings. The van der Waals surface area contributed by atoms with Gasteiger partial charge in [0.1, 0.15) is 5.82 Å². The van der Waals surface area contributed by atoms with Gasteiger partial charge in [-0.05, 0) is 43.2 Å². The van der Waals surface area contributed by atoms with Crippen LogP contribution >= 0.6 is 0 Å². The number of nitrogens with zero attached hydrogens (tertiary/aromatic N) is 1. The van der Waals surface area contributed by atoms with Gasteiger partial charge in [-0.2, -0.15) is 5.10 Å². The molecule has 20 heavy (non-hydrogen) atoms. The van der Waals surface area contributed by atoms with Crippen LogP contribution in [0, 0.1) is 5.82 Å². The molecule has 0 aliphatic carbocycles. The lowest BCUT2D eigenvalue weighted by atomic mass is 10.1. The molecule has 102 valence electrons. The van der Waals surface area contributed by atoms with Gasteiger partial charge in [0.05, 0.1) is 11.7 Å². The zero-order valence-corrected chi connectivity index (χ0v) is 11.2. The van der Waals surface area contributed by atoms with Crippen molar-refractivity contribution in [2.45, 2.75) is 19.4 Å². The number of aromatic nitrogens is 2. The maximum absolute atomic E-state index is 13.2. The summed E-state index contributed by atoms with van der Waals surface area (Å²) < 4.78 is 13.2. The van der Waals surface area contributed by atoms with Gasteiger partial charge in [0, 0.05) is 17.1 Å². The van der Waals surface area contributed by atoms with Crippen LogP contribution in [0.3, 0.4) is 0 Å². The lowest BCUT2D eigenvalue weighted by Crippen LogP contribution is -2.18. The predicted molar refractivity (Wildman–Crippen MR) is 79.3 cm³/mol. The largest absolute Gasteiger partial charge is 0.382 e. The molecule has 4 heteroatoms. The number of halogens is 1. The number of anilines is 1. The average molecular weight is 269 g/mol. The summed E-state index contributed by atoms with van der Waals surface area (Å²) in [5, 5.41) is 11.5. The number of H-pyrrole nitrogens is 1. The van der Waals surface area contributed by atoms with E-state index in [2.05, 4.69) is 22.4 Å². The fraction of sp³-hybridized carbons (Fsp3) is 0.188. The van der Waals surface area contributed by atoms with Crippen LogP contribution in [0.25, 0.3) is 10.9 Å². The van der Waals surface area contributed by atoms with Gasteiger partial charge in [-0.25, -0.2) is 4.39 Å². The lowest BCUT2D eigenvalue weighted by molar-refractivity contribution is 0.624. The zero-order valence-electron chi connectivity index (χ0n) is 11.2. The van der Waals surface area contributed by atoms with Gasteiger partial charge in [-0.1, -0.05) is 18.2 Å². The van der Waals surface area contributed by atoms with E-state index in [0.717, 1.165) is 28.6 Å². The molecule has 2 N–H and O–H groups in total. The molecule has 1 unspecified atom stereocenters. The molecular formula is C16H16FN3. The summed E-state index contributed by atoms with van der Waals surface area (Å²) in [5.41, 5.74) is 3.04. The Hall–Kier alpha value is -2.36. The third-order valence-electron chi connectivity index (χ3n) is 3.32. The van der Waals surface area contributed by atoms with Crippen molar-refractivity contribution in [3.05, 3.63) is 60.0 Å². The van der Waals surface area contributed by atoms with E-state index in [1.54, 1.807) is 12.1 Å². The molecule has 2 aromatic carbocycles. The minimum atomic E-state index is -0.188. The predicted octanol–water partition coefficient (Wildman–Crippen LogP) is 3.75. The monoisotopic (exact) mass is 269 g/mol. The third-order valence-corrected chi connectivity index (χ3v) is 3.32. The second kappa shape index (κ2) is 5.33. The van der Waals surface area contributed by atoms with Crippen molar-refractivity contribution in [1.29, 1.82) is 0 Å². The van der Waals surface area contributed by atoms with Gasteiger partial charge in [-0.15, -0.1) is 0 Å². The Morgan fingerprint density at radius 3 is 2.95 bits per heavy atom. The van der Waals surface area contributed by atoms with Gasteiger partial charge in [0.25, 0.3) is 0 Å². The summed E-state index contributed by atoms with van der Waals surface area (Å²) >= 11 is 0. The van der Waals surface area contributed by atoms with Gasteiger partial charge < -0.3 is 5.32 Å². The van der Waals surface area contributed by atoms with Crippen LogP contribution in [0.1, 0.15) is 12.5 Å². The van der Waals surface area contributed by atoms with E-state index in [0.29, 0.717) is 0 Å². The van der Waals surface area contributed by atoms with Gasteiger partial charge in [0.2, 0.25) is 0 Å². The van der Waals surface area contributed by atoms with Gasteiger partial charge >= 0.3 is 0 Å². The molecule has 0 bridgehead atoms. The highest BCUT2D eigenvalue weighted by Crippen LogP contribution is 2.22. The number of rotatable bonds is 4. The molecule has 0 radical (unpaired) electrons. The molecule has 0 saturated heterocycles. The van der Waals surface area contributed by atoms with Gasteiger partial charge in [0.15, 0.2) is 0 Å². The smallest absolute Gasteiger partial charge is 0.123 e. The van der Waals surface area contributed by atoms with E-state index in [1.807, 2.05) is 30.5 Å². The van der Waals surface area contributed by atoms with Crippen molar-refractivity contribution in [3.8, 4) is 0 Å². The van der Waals surface area contributed by atoms with Crippen LogP contribution < -0.4 is 5.32 Å². The van der Waals surface area contributed by atoms with Crippen molar-refractivity contribution < 1.29 is 4.39 Å². The molecule has 3 nitrogen and oxygen atoms in total. The second-order valence-corrected chi connectivity index (χ2v) is 5.02. The minimum absolute atomic E-state index is 0.188. The fourth-order valence-corrected chi connectivity index (χ4v) is 2.43. The summed E-state index contributed by atoms with van der Waals surface area (Å²) in [4.78, 5) is 0. The molecule has 1 atom stereocenters. The molecular weight excluding hydrogens is 253 g/mol. The Balaban J connectivity index is 1.76. The molecule has 3 rings (SSSR count). The standard InChI is InChI=1S/C16H16FN3/c1-11(8-12-4-2-5-13(17)9-12)19-15-6-3-7-16-14(15)10-18-20-16/h2-7,9-11,19H,8H2,1H3,(H,18,20). The summed E-state index contributed by atoms with van der Waals surface area (Å²) in [6.07, 6.45) is 2.58. The molecule has 1 heterocycles. The maximum Gasteiger partial charge on any atom is 0.123 e. The number of nitrogens with one attached hydrogen (secondary N) is 2. The van der Waals surface area contributed by atoms with Crippen LogP contribution in [0.4, 0.5) is 10.1 Å². The van der Waals surface area contributed by atoms with Gasteiger partial charge in [-0.3, -0.25) is 5.10 Å². The number of hydrogen-bond acceptors (Lipinski definition) is 2. The summed E-state index contributed by atoms with van der Waals surface area (Å²) in [6.45, 7) is 2.09. The molecule has 3 aromatic rings. The summed E-state index contributed by atoms with van der Waals surface area (Å²) in [7, 11) is 0. The topological polar surface area (TPSA) is 40.7 Å². The normalized spacial score (nSPS) is 12.5. The number of benzene rings is 2. The van der Waals surface area contributed by atoms with Crippen LogP contribution in [0.5, 0.6) is 0 Å². The van der Waals surface area contributed by atoms with Crippen molar-refractivity contribution in [2.24, 2.45) is 0 Å². The third kappa shape index (κ3) is 2.64. The summed E-state index contributed by atoms with van der Waals surface area (Å²) in [6, 6.07) is 12.9. The maximum atomic E-state index is 13.2. The Kier molecular flexibility index (Phi) is 3.37. The van der Waals surface area contributed by atoms with Crippen molar-refractivity contribution >= 4 is 16.6 Å². The highest BCUT2D eigenvalue weighted by molar-refractivity contribution is 5.90. The first-order valence-corrected chi connectivity index (χ1v) is 6.65. The first-order chi connectivity index (χ1) is 9.72. The molecule has 0 amide bonds. The Bertz CT molecular complexity index is 720. The zero-order chi connectivity index (χ0) is 13.9. The molecule has 0 aliphatic heterocycles. The Morgan fingerprint density at radius 2 is 2.10 bits per heavy atom. The number of aromatic amines is 1. The van der Waals surface area contributed by atoms with Crippen LogP contribution in [-0.4, -0.2) is 16.2 Å². The van der Waals surface area contributed by atoms with E-state index in [1.165, 1.54) is 6.07 Å². The van der Waals surface area contributed by atoms with Crippen LogP contribution in [0.15, 0.2) is 48.7 Å². The number of hydrogen-bond donors (Lipinski definition) is 2.